The summed E-state index contributed by atoms with van der Waals surface area (Å²) in [7, 11) is 0. The molecule has 1 saturated carbocycles. The number of aliphatic hydroxyl groups is 2. The van der Waals surface area contributed by atoms with Gasteiger partial charge in [0.05, 0.1) is 11.7 Å². The SMILES string of the molecule is CCCCC(C)(C)C(O)(CC)CC=C1CC[C@H](O)[C@@H]1CCCCCCC(=O)O. The van der Waals surface area contributed by atoms with Crippen LogP contribution in [0.4, 0.5) is 0 Å². The normalized spacial score (nSPS) is 23.9. The number of carboxylic acids is 1. The van der Waals surface area contributed by atoms with Crippen molar-refractivity contribution in [3.8, 4) is 0 Å². The predicted octanol–water partition coefficient (Wildman–Crippen LogP) is 5.86. The first-order valence-electron chi connectivity index (χ1n) is 11.5. The van der Waals surface area contributed by atoms with E-state index in [1.165, 1.54) is 5.57 Å². The summed E-state index contributed by atoms with van der Waals surface area (Å²) in [5.74, 6) is -0.513. The fourth-order valence-corrected chi connectivity index (χ4v) is 4.62. The monoisotopic (exact) mass is 396 g/mol. The maximum absolute atomic E-state index is 11.3. The number of aliphatic hydroxyl groups excluding tert-OH is 1. The maximum atomic E-state index is 11.3. The Labute approximate surface area is 172 Å². The van der Waals surface area contributed by atoms with Crippen LogP contribution < -0.4 is 0 Å². The Bertz CT molecular complexity index is 497. The third-order valence-corrected chi connectivity index (χ3v) is 7.03. The Morgan fingerprint density at radius 3 is 2.43 bits per heavy atom. The molecule has 4 heteroatoms. The molecule has 0 aromatic carbocycles. The minimum Gasteiger partial charge on any atom is -0.481 e. The van der Waals surface area contributed by atoms with E-state index >= 15 is 0 Å². The summed E-state index contributed by atoms with van der Waals surface area (Å²) in [5, 5.41) is 30.5. The van der Waals surface area contributed by atoms with E-state index in [-0.39, 0.29) is 23.9 Å². The van der Waals surface area contributed by atoms with E-state index in [4.69, 9.17) is 5.11 Å². The lowest BCUT2D eigenvalue weighted by molar-refractivity contribution is -0.137. The molecule has 1 rings (SSSR count). The van der Waals surface area contributed by atoms with Crippen LogP contribution in [0.2, 0.25) is 0 Å². The van der Waals surface area contributed by atoms with Crippen LogP contribution >= 0.6 is 0 Å². The third-order valence-electron chi connectivity index (χ3n) is 7.03. The van der Waals surface area contributed by atoms with Gasteiger partial charge in [0.25, 0.3) is 0 Å². The van der Waals surface area contributed by atoms with Gasteiger partial charge in [0, 0.05) is 12.3 Å². The third kappa shape index (κ3) is 7.51. The van der Waals surface area contributed by atoms with Gasteiger partial charge in [0.1, 0.15) is 0 Å². The van der Waals surface area contributed by atoms with Gasteiger partial charge < -0.3 is 15.3 Å². The van der Waals surface area contributed by atoms with Crippen molar-refractivity contribution in [1.29, 1.82) is 0 Å². The lowest BCUT2D eigenvalue weighted by Gasteiger charge is -2.42. The van der Waals surface area contributed by atoms with Gasteiger partial charge in [-0.1, -0.05) is 71.4 Å². The highest BCUT2D eigenvalue weighted by Gasteiger charge is 2.41. The molecule has 0 aromatic rings. The van der Waals surface area contributed by atoms with Gasteiger partial charge in [-0.3, -0.25) is 4.79 Å². The first kappa shape index (κ1) is 25.2. The first-order chi connectivity index (χ1) is 13.2. The largest absolute Gasteiger partial charge is 0.481 e. The summed E-state index contributed by atoms with van der Waals surface area (Å²) in [5.41, 5.74) is 0.492. The maximum Gasteiger partial charge on any atom is 0.303 e. The summed E-state index contributed by atoms with van der Waals surface area (Å²) >= 11 is 0. The van der Waals surface area contributed by atoms with Crippen LogP contribution in [0.3, 0.4) is 0 Å². The van der Waals surface area contributed by atoms with Crippen molar-refractivity contribution in [3.05, 3.63) is 11.6 Å². The van der Waals surface area contributed by atoms with Gasteiger partial charge in [0.2, 0.25) is 0 Å². The van der Waals surface area contributed by atoms with Gasteiger partial charge in [-0.25, -0.2) is 0 Å². The molecule has 1 unspecified atom stereocenters. The zero-order valence-electron chi connectivity index (χ0n) is 18.7. The second-order valence-corrected chi connectivity index (χ2v) is 9.41. The minimum atomic E-state index is -0.721. The van der Waals surface area contributed by atoms with E-state index in [1.807, 2.05) is 0 Å². The zero-order valence-corrected chi connectivity index (χ0v) is 18.7. The molecular weight excluding hydrogens is 352 g/mol. The second-order valence-electron chi connectivity index (χ2n) is 9.41. The average Bonchev–Trinajstić information content (AvgIpc) is 3.00. The Kier molecular flexibility index (Phi) is 10.8. The van der Waals surface area contributed by atoms with Crippen molar-refractivity contribution < 1.29 is 20.1 Å². The molecule has 1 fully saturated rings. The fourth-order valence-electron chi connectivity index (χ4n) is 4.62. The molecule has 28 heavy (non-hydrogen) atoms. The second kappa shape index (κ2) is 12.0. The molecule has 1 aliphatic rings. The van der Waals surface area contributed by atoms with Crippen LogP contribution in [0.5, 0.6) is 0 Å². The van der Waals surface area contributed by atoms with Gasteiger partial charge in [0.15, 0.2) is 0 Å². The number of hydrogen-bond acceptors (Lipinski definition) is 3. The van der Waals surface area contributed by atoms with Gasteiger partial charge >= 0.3 is 5.97 Å². The zero-order chi connectivity index (χ0) is 21.2. The topological polar surface area (TPSA) is 77.8 Å². The van der Waals surface area contributed by atoms with E-state index in [0.29, 0.717) is 6.42 Å². The molecule has 0 saturated heterocycles. The molecule has 164 valence electrons. The number of carbonyl (C=O) groups is 1. The van der Waals surface area contributed by atoms with Gasteiger partial charge in [-0.05, 0) is 50.4 Å². The molecule has 3 atom stereocenters. The van der Waals surface area contributed by atoms with Gasteiger partial charge in [-0.15, -0.1) is 0 Å². The summed E-state index contributed by atoms with van der Waals surface area (Å²) in [6, 6.07) is 0. The molecule has 0 heterocycles. The quantitative estimate of drug-likeness (QED) is 0.254. The molecule has 4 nitrogen and oxygen atoms in total. The van der Waals surface area contributed by atoms with Crippen LogP contribution in [-0.4, -0.2) is 33.0 Å². The van der Waals surface area contributed by atoms with Crippen molar-refractivity contribution in [1.82, 2.24) is 0 Å². The minimum absolute atomic E-state index is 0.119. The highest BCUT2D eigenvalue weighted by atomic mass is 16.4. The number of rotatable bonds is 14. The first-order valence-corrected chi connectivity index (χ1v) is 11.5. The molecule has 0 amide bonds. The van der Waals surface area contributed by atoms with Crippen LogP contribution in [0.1, 0.15) is 111 Å². The van der Waals surface area contributed by atoms with Crippen molar-refractivity contribution >= 4 is 5.97 Å². The molecule has 0 bridgehead atoms. The number of unbranched alkanes of at least 4 members (excludes halogenated alkanes) is 4. The lowest BCUT2D eigenvalue weighted by atomic mass is 9.68. The standard InChI is InChI=1S/C24H44O4/c1-5-7-17-23(3,4)24(28,6-2)18-16-19-14-15-21(25)20(19)12-10-8-9-11-13-22(26)27/h16,20-21,25,28H,5-15,17-18H2,1-4H3,(H,26,27)/t20-,21+,24?/m1/s1. The van der Waals surface area contributed by atoms with Gasteiger partial charge in [-0.2, -0.15) is 0 Å². The number of carboxylic acid groups (broad SMARTS) is 1. The van der Waals surface area contributed by atoms with E-state index < -0.39 is 11.6 Å². The van der Waals surface area contributed by atoms with E-state index in [9.17, 15) is 15.0 Å². The van der Waals surface area contributed by atoms with Crippen molar-refractivity contribution in [2.45, 2.75) is 123 Å². The Morgan fingerprint density at radius 2 is 1.82 bits per heavy atom. The van der Waals surface area contributed by atoms with Crippen molar-refractivity contribution in [2.75, 3.05) is 0 Å². The number of hydrogen-bond donors (Lipinski definition) is 3. The van der Waals surface area contributed by atoms with E-state index in [1.54, 1.807) is 0 Å². The molecule has 0 aromatic heterocycles. The highest BCUT2D eigenvalue weighted by molar-refractivity contribution is 5.66. The Morgan fingerprint density at radius 1 is 1.14 bits per heavy atom. The van der Waals surface area contributed by atoms with E-state index in [0.717, 1.165) is 70.6 Å². The highest BCUT2D eigenvalue weighted by Crippen LogP contribution is 2.43. The molecule has 0 radical (unpaired) electrons. The predicted molar refractivity (Wildman–Crippen MR) is 115 cm³/mol. The Balaban J connectivity index is 2.62. The Hall–Kier alpha value is -0.870. The summed E-state index contributed by atoms with van der Waals surface area (Å²) < 4.78 is 0. The van der Waals surface area contributed by atoms with Crippen LogP contribution in [0.25, 0.3) is 0 Å². The molecule has 0 aliphatic heterocycles. The molecule has 3 N–H and O–H groups in total. The van der Waals surface area contributed by atoms with Crippen LogP contribution in [0, 0.1) is 11.3 Å². The van der Waals surface area contributed by atoms with E-state index in [2.05, 4.69) is 33.8 Å². The van der Waals surface area contributed by atoms with Crippen LogP contribution in [0.15, 0.2) is 11.6 Å². The van der Waals surface area contributed by atoms with Crippen molar-refractivity contribution in [3.63, 3.8) is 0 Å². The number of aliphatic carboxylic acids is 1. The molecular formula is C24H44O4. The lowest BCUT2D eigenvalue weighted by Crippen LogP contribution is -2.44. The van der Waals surface area contributed by atoms with Crippen molar-refractivity contribution in [2.24, 2.45) is 11.3 Å². The summed E-state index contributed by atoms with van der Waals surface area (Å²) in [4.78, 5) is 10.6. The molecule has 0 spiro atoms. The fraction of sp³-hybridized carbons (Fsp3) is 0.875. The summed E-state index contributed by atoms with van der Waals surface area (Å²) in [6.07, 6.45) is 13.4. The average molecular weight is 397 g/mol. The van der Waals surface area contributed by atoms with Crippen LogP contribution in [-0.2, 0) is 4.79 Å². The summed E-state index contributed by atoms with van der Waals surface area (Å²) in [6.45, 7) is 8.63. The smallest absolute Gasteiger partial charge is 0.303 e. The molecule has 1 aliphatic carbocycles.